The zero-order chi connectivity index (χ0) is 9.14. The first-order chi connectivity index (χ1) is 5.59. The average molecular weight is 187 g/mol. The van der Waals surface area contributed by atoms with Gasteiger partial charge in [-0.2, -0.15) is 0 Å². The molecule has 1 aromatic rings. The van der Waals surface area contributed by atoms with Crippen molar-refractivity contribution in [1.82, 2.24) is 4.90 Å². The fraction of sp³-hybridized carbons (Fsp3) is 0.375. The minimum atomic E-state index is -1.03. The first-order valence-corrected chi connectivity index (χ1v) is 3.56. The summed E-state index contributed by atoms with van der Waals surface area (Å²) in [6.07, 6.45) is 0. The van der Waals surface area contributed by atoms with E-state index < -0.39 is 5.97 Å². The van der Waals surface area contributed by atoms with Crippen LogP contribution in [0.1, 0.15) is 16.3 Å². The summed E-state index contributed by atoms with van der Waals surface area (Å²) >= 11 is 0. The van der Waals surface area contributed by atoms with Gasteiger partial charge >= 0.3 is 5.97 Å². The Bertz CT molecular complexity index is 279. The van der Waals surface area contributed by atoms with E-state index in [-0.39, 0.29) is 11.2 Å². The second kappa shape index (κ2) is 4.64. The van der Waals surface area contributed by atoms with Gasteiger partial charge in [0.1, 0.15) is 5.76 Å². The van der Waals surface area contributed by atoms with Crippen LogP contribution in [0.4, 0.5) is 0 Å². The summed E-state index contributed by atoms with van der Waals surface area (Å²) in [6, 6.07) is 3.13. The molecule has 0 fully saturated rings. The van der Waals surface area contributed by atoms with Crippen LogP contribution in [0.5, 0.6) is 0 Å². The Morgan fingerprint density at radius 3 is 2.54 bits per heavy atom. The van der Waals surface area contributed by atoms with Gasteiger partial charge in [-0.25, -0.2) is 4.79 Å². The third kappa shape index (κ3) is 3.27. The van der Waals surface area contributed by atoms with Gasteiger partial charge in [-0.15, -0.1) is 0 Å². The average Bonchev–Trinajstić information content (AvgIpc) is 2.34. The summed E-state index contributed by atoms with van der Waals surface area (Å²) in [6.45, 7) is 0.618. The molecule has 0 saturated heterocycles. The number of hydrogen-bond donors (Lipinski definition) is 1. The Kier molecular flexibility index (Phi) is 4.16. The van der Waals surface area contributed by atoms with Crippen LogP contribution in [0.3, 0.4) is 0 Å². The van der Waals surface area contributed by atoms with Crippen LogP contribution >= 0.6 is 0 Å². The topological polar surface area (TPSA) is 85.2 Å². The minimum absolute atomic E-state index is 0. The largest absolute Gasteiger partial charge is 0.475 e. The lowest BCUT2D eigenvalue weighted by molar-refractivity contribution is 0.0659. The first kappa shape index (κ1) is 11.7. The molecule has 0 aliphatic heterocycles. The standard InChI is InChI=1S/C8H11NO3.H2O/c1-9(2)5-6-3-4-7(12-6)8(10)11;/h3-4H,5H2,1-2H3,(H,10,11);1H2. The molecule has 0 unspecified atom stereocenters. The molecule has 0 atom stereocenters. The Hall–Kier alpha value is -1.33. The van der Waals surface area contributed by atoms with E-state index in [1.807, 2.05) is 19.0 Å². The fourth-order valence-corrected chi connectivity index (χ4v) is 0.890. The SMILES string of the molecule is CN(C)Cc1ccc(C(=O)O)o1.O. The van der Waals surface area contributed by atoms with Crippen molar-refractivity contribution in [2.24, 2.45) is 0 Å². The number of carboxylic acids is 1. The molecule has 0 spiro atoms. The van der Waals surface area contributed by atoms with Gasteiger partial charge in [-0.05, 0) is 26.2 Å². The van der Waals surface area contributed by atoms with E-state index in [2.05, 4.69) is 0 Å². The number of nitrogens with zero attached hydrogens (tertiary/aromatic N) is 1. The summed E-state index contributed by atoms with van der Waals surface area (Å²) in [5, 5.41) is 8.52. The summed E-state index contributed by atoms with van der Waals surface area (Å²) in [5.41, 5.74) is 0. The Labute approximate surface area is 75.9 Å². The van der Waals surface area contributed by atoms with E-state index in [0.717, 1.165) is 0 Å². The molecule has 1 rings (SSSR count). The zero-order valence-electron chi connectivity index (χ0n) is 7.57. The molecule has 5 heteroatoms. The van der Waals surface area contributed by atoms with Gasteiger partial charge in [0.15, 0.2) is 0 Å². The molecule has 74 valence electrons. The Balaban J connectivity index is 0.00000144. The number of carboxylic acid groups (broad SMARTS) is 1. The van der Waals surface area contributed by atoms with Crippen molar-refractivity contribution in [2.45, 2.75) is 6.54 Å². The zero-order valence-corrected chi connectivity index (χ0v) is 7.57. The van der Waals surface area contributed by atoms with Gasteiger partial charge in [-0.1, -0.05) is 0 Å². The van der Waals surface area contributed by atoms with Gasteiger partial charge < -0.3 is 19.9 Å². The normalized spacial score (nSPS) is 9.77. The molecule has 3 N–H and O–H groups in total. The van der Waals surface area contributed by atoms with Crippen LogP contribution in [-0.4, -0.2) is 35.5 Å². The molecule has 0 saturated carbocycles. The number of rotatable bonds is 3. The number of hydrogen-bond acceptors (Lipinski definition) is 3. The molecular formula is C8H13NO4. The molecular weight excluding hydrogens is 174 g/mol. The van der Waals surface area contributed by atoms with Crippen LogP contribution in [0.25, 0.3) is 0 Å². The molecule has 0 amide bonds. The predicted octanol–water partition coefficient (Wildman–Crippen LogP) is 0.215. The molecule has 0 aliphatic carbocycles. The molecule has 0 radical (unpaired) electrons. The highest BCUT2D eigenvalue weighted by molar-refractivity contribution is 5.84. The molecule has 1 aromatic heterocycles. The smallest absolute Gasteiger partial charge is 0.371 e. The summed E-state index contributed by atoms with van der Waals surface area (Å²) < 4.78 is 5.01. The van der Waals surface area contributed by atoms with Crippen molar-refractivity contribution >= 4 is 5.97 Å². The highest BCUT2D eigenvalue weighted by Crippen LogP contribution is 2.08. The molecule has 1 heterocycles. The van der Waals surface area contributed by atoms with E-state index >= 15 is 0 Å². The summed E-state index contributed by atoms with van der Waals surface area (Å²) in [7, 11) is 3.78. The quantitative estimate of drug-likeness (QED) is 0.733. The van der Waals surface area contributed by atoms with Crippen molar-refractivity contribution in [3.63, 3.8) is 0 Å². The highest BCUT2D eigenvalue weighted by atomic mass is 16.4. The van der Waals surface area contributed by atoms with Gasteiger partial charge in [-0.3, -0.25) is 0 Å². The second-order valence-electron chi connectivity index (χ2n) is 2.81. The van der Waals surface area contributed by atoms with Gasteiger partial charge in [0.25, 0.3) is 0 Å². The Morgan fingerprint density at radius 1 is 1.54 bits per heavy atom. The minimum Gasteiger partial charge on any atom is -0.475 e. The van der Waals surface area contributed by atoms with E-state index in [0.29, 0.717) is 12.3 Å². The Morgan fingerprint density at radius 2 is 2.15 bits per heavy atom. The molecule has 0 aromatic carbocycles. The molecule has 5 nitrogen and oxygen atoms in total. The van der Waals surface area contributed by atoms with Gasteiger partial charge in [0.2, 0.25) is 5.76 Å². The number of furan rings is 1. The lowest BCUT2D eigenvalue weighted by Crippen LogP contribution is -2.09. The van der Waals surface area contributed by atoms with Crippen molar-refractivity contribution < 1.29 is 19.8 Å². The summed E-state index contributed by atoms with van der Waals surface area (Å²) in [5.74, 6) is -0.371. The van der Waals surface area contributed by atoms with Crippen molar-refractivity contribution in [2.75, 3.05) is 14.1 Å². The predicted molar refractivity (Wildman–Crippen MR) is 46.7 cm³/mol. The maximum absolute atomic E-state index is 10.4. The number of carbonyl (C=O) groups is 1. The van der Waals surface area contributed by atoms with E-state index in [9.17, 15) is 4.79 Å². The van der Waals surface area contributed by atoms with Crippen LogP contribution in [-0.2, 0) is 6.54 Å². The maximum Gasteiger partial charge on any atom is 0.371 e. The van der Waals surface area contributed by atoms with Gasteiger partial charge in [0.05, 0.1) is 6.54 Å². The highest BCUT2D eigenvalue weighted by Gasteiger charge is 2.08. The van der Waals surface area contributed by atoms with Crippen LogP contribution < -0.4 is 0 Å². The lowest BCUT2D eigenvalue weighted by atomic mass is 10.4. The van der Waals surface area contributed by atoms with E-state index in [1.165, 1.54) is 6.07 Å². The monoisotopic (exact) mass is 187 g/mol. The fourth-order valence-electron chi connectivity index (χ4n) is 0.890. The molecule has 13 heavy (non-hydrogen) atoms. The van der Waals surface area contributed by atoms with Crippen LogP contribution in [0.2, 0.25) is 0 Å². The third-order valence-corrected chi connectivity index (χ3v) is 1.34. The van der Waals surface area contributed by atoms with Gasteiger partial charge in [0, 0.05) is 0 Å². The maximum atomic E-state index is 10.4. The van der Waals surface area contributed by atoms with E-state index in [4.69, 9.17) is 9.52 Å². The first-order valence-electron chi connectivity index (χ1n) is 3.56. The van der Waals surface area contributed by atoms with Crippen molar-refractivity contribution in [3.8, 4) is 0 Å². The molecule has 0 aliphatic rings. The third-order valence-electron chi connectivity index (χ3n) is 1.34. The summed E-state index contributed by atoms with van der Waals surface area (Å²) in [4.78, 5) is 12.3. The molecule has 0 bridgehead atoms. The number of aromatic carboxylic acids is 1. The van der Waals surface area contributed by atoms with Crippen LogP contribution in [0, 0.1) is 0 Å². The van der Waals surface area contributed by atoms with E-state index in [1.54, 1.807) is 6.07 Å². The van der Waals surface area contributed by atoms with Crippen LogP contribution in [0.15, 0.2) is 16.5 Å². The second-order valence-corrected chi connectivity index (χ2v) is 2.81. The van der Waals surface area contributed by atoms with Crippen molar-refractivity contribution in [1.29, 1.82) is 0 Å². The van der Waals surface area contributed by atoms with Crippen molar-refractivity contribution in [3.05, 3.63) is 23.7 Å². The lowest BCUT2D eigenvalue weighted by Gasteiger charge is -2.05.